The molecule has 3 heteroatoms. The second kappa shape index (κ2) is 4.00. The van der Waals surface area contributed by atoms with Crippen molar-refractivity contribution in [3.63, 3.8) is 0 Å². The Labute approximate surface area is 101 Å². The Morgan fingerprint density at radius 1 is 1.47 bits per heavy atom. The lowest BCUT2D eigenvalue weighted by Gasteiger charge is -2.20. The minimum absolute atomic E-state index is 0.440. The minimum Gasteiger partial charge on any atom is -0.397 e. The van der Waals surface area contributed by atoms with E-state index >= 15 is 0 Å². The van der Waals surface area contributed by atoms with Gasteiger partial charge >= 0.3 is 0 Å². The van der Waals surface area contributed by atoms with Gasteiger partial charge in [-0.05, 0) is 24.5 Å². The van der Waals surface area contributed by atoms with Gasteiger partial charge < -0.3 is 10.5 Å². The molecule has 0 amide bonds. The van der Waals surface area contributed by atoms with Crippen molar-refractivity contribution >= 4 is 11.3 Å². The summed E-state index contributed by atoms with van der Waals surface area (Å²) in [7, 11) is 0. The van der Waals surface area contributed by atoms with Crippen molar-refractivity contribution in [2.24, 2.45) is 0 Å². The van der Waals surface area contributed by atoms with E-state index in [1.807, 2.05) is 19.2 Å². The van der Waals surface area contributed by atoms with Gasteiger partial charge in [-0.2, -0.15) is 0 Å². The predicted octanol–water partition coefficient (Wildman–Crippen LogP) is 2.43. The molecule has 0 aromatic carbocycles. The van der Waals surface area contributed by atoms with Gasteiger partial charge in [-0.25, -0.2) is 0 Å². The molecule has 1 fully saturated rings. The van der Waals surface area contributed by atoms with Gasteiger partial charge in [0.05, 0.1) is 18.0 Å². The summed E-state index contributed by atoms with van der Waals surface area (Å²) in [6, 6.07) is 0. The Bertz CT molecular complexity index is 511. The number of rotatable bonds is 2. The maximum absolute atomic E-state index is 6.18. The summed E-state index contributed by atoms with van der Waals surface area (Å²) >= 11 is 0. The van der Waals surface area contributed by atoms with Crippen LogP contribution in [-0.4, -0.2) is 18.2 Å². The Morgan fingerprint density at radius 2 is 2.29 bits per heavy atom. The fourth-order valence-corrected chi connectivity index (χ4v) is 2.41. The van der Waals surface area contributed by atoms with E-state index in [9.17, 15) is 0 Å². The molecule has 3 rings (SSSR count). The van der Waals surface area contributed by atoms with Crippen LogP contribution in [0.2, 0.25) is 0 Å². The first-order chi connectivity index (χ1) is 8.27. The summed E-state index contributed by atoms with van der Waals surface area (Å²) < 4.78 is 5.46. The van der Waals surface area contributed by atoms with Gasteiger partial charge in [-0.3, -0.25) is 4.98 Å². The van der Waals surface area contributed by atoms with Crippen molar-refractivity contribution in [3.05, 3.63) is 41.2 Å². The highest BCUT2D eigenvalue weighted by Gasteiger charge is 2.24. The van der Waals surface area contributed by atoms with Gasteiger partial charge in [0, 0.05) is 24.3 Å². The van der Waals surface area contributed by atoms with Gasteiger partial charge in [0.2, 0.25) is 0 Å². The summed E-state index contributed by atoms with van der Waals surface area (Å²) in [4.78, 5) is 4.39. The van der Waals surface area contributed by atoms with Gasteiger partial charge in [-0.15, -0.1) is 0 Å². The van der Waals surface area contributed by atoms with Crippen LogP contribution in [0, 0.1) is 6.92 Å². The molecule has 0 bridgehead atoms. The highest BCUT2D eigenvalue weighted by molar-refractivity contribution is 5.88. The summed E-state index contributed by atoms with van der Waals surface area (Å²) in [5.74, 6) is 0.440. The molecule has 2 aliphatic rings. The topological polar surface area (TPSA) is 48.1 Å². The van der Waals surface area contributed by atoms with Crippen LogP contribution in [0.3, 0.4) is 0 Å². The van der Waals surface area contributed by atoms with Crippen molar-refractivity contribution in [2.45, 2.75) is 19.3 Å². The lowest BCUT2D eigenvalue weighted by Crippen LogP contribution is -2.09. The molecule has 1 saturated heterocycles. The third kappa shape index (κ3) is 1.67. The first kappa shape index (κ1) is 10.5. The number of allylic oxidation sites excluding steroid dienone is 4. The number of anilines is 1. The fourth-order valence-electron chi connectivity index (χ4n) is 2.41. The van der Waals surface area contributed by atoms with E-state index in [0.29, 0.717) is 5.92 Å². The predicted molar refractivity (Wildman–Crippen MR) is 68.7 cm³/mol. The SMILES string of the molecule is Cc1ncc([C@H]2CCOC2)c(C2=CC=C2)c1N. The number of aryl methyl sites for hydroxylation is 1. The van der Waals surface area contributed by atoms with Crippen LogP contribution in [0.5, 0.6) is 0 Å². The van der Waals surface area contributed by atoms with E-state index in [2.05, 4.69) is 17.1 Å². The third-order valence-corrected chi connectivity index (χ3v) is 3.55. The second-order valence-corrected chi connectivity index (χ2v) is 4.63. The van der Waals surface area contributed by atoms with Crippen molar-refractivity contribution in [1.29, 1.82) is 0 Å². The van der Waals surface area contributed by atoms with E-state index in [1.165, 1.54) is 11.1 Å². The van der Waals surface area contributed by atoms with Gasteiger partial charge in [0.1, 0.15) is 0 Å². The van der Waals surface area contributed by atoms with E-state index in [0.717, 1.165) is 36.6 Å². The zero-order chi connectivity index (χ0) is 11.8. The number of hydrogen-bond acceptors (Lipinski definition) is 3. The first-order valence-corrected chi connectivity index (χ1v) is 5.99. The van der Waals surface area contributed by atoms with E-state index in [4.69, 9.17) is 10.5 Å². The van der Waals surface area contributed by atoms with Crippen molar-refractivity contribution in [2.75, 3.05) is 18.9 Å². The standard InChI is InChI=1S/C14H16N2O/c1-9-14(15)13(10-3-2-4-10)12(7-16-9)11-5-6-17-8-11/h2-4,7,11H,5-6,8,15H2,1H3/t11-/m0/s1. The Kier molecular flexibility index (Phi) is 2.48. The summed E-state index contributed by atoms with van der Waals surface area (Å²) in [5.41, 5.74) is 11.5. The van der Waals surface area contributed by atoms with Crippen LogP contribution in [0.15, 0.2) is 24.4 Å². The quantitative estimate of drug-likeness (QED) is 0.845. The molecule has 3 nitrogen and oxygen atoms in total. The largest absolute Gasteiger partial charge is 0.397 e. The molecule has 1 atom stereocenters. The molecule has 0 unspecified atom stereocenters. The number of nitrogens with two attached hydrogens (primary N) is 1. The Morgan fingerprint density at radius 3 is 2.88 bits per heavy atom. The van der Waals surface area contributed by atoms with Crippen LogP contribution >= 0.6 is 0 Å². The van der Waals surface area contributed by atoms with Crippen LogP contribution in [-0.2, 0) is 4.74 Å². The number of ether oxygens (including phenoxy) is 1. The van der Waals surface area contributed by atoms with Crippen molar-refractivity contribution in [1.82, 2.24) is 4.98 Å². The van der Waals surface area contributed by atoms with Gasteiger partial charge in [0.15, 0.2) is 0 Å². The smallest absolute Gasteiger partial charge is 0.0612 e. The van der Waals surface area contributed by atoms with E-state index < -0.39 is 0 Å². The molecule has 0 radical (unpaired) electrons. The molecule has 1 aliphatic heterocycles. The van der Waals surface area contributed by atoms with Crippen LogP contribution in [0.25, 0.3) is 5.57 Å². The molecule has 17 heavy (non-hydrogen) atoms. The van der Waals surface area contributed by atoms with Gasteiger partial charge in [-0.1, -0.05) is 18.2 Å². The molecule has 1 aromatic rings. The highest BCUT2D eigenvalue weighted by Crippen LogP contribution is 2.37. The molecule has 2 N–H and O–H groups in total. The zero-order valence-electron chi connectivity index (χ0n) is 9.94. The van der Waals surface area contributed by atoms with E-state index in [-0.39, 0.29) is 0 Å². The Balaban J connectivity index is 2.10. The third-order valence-electron chi connectivity index (χ3n) is 3.55. The molecular formula is C14H16N2O. The van der Waals surface area contributed by atoms with Gasteiger partial charge in [0.25, 0.3) is 0 Å². The number of aromatic nitrogens is 1. The molecule has 0 saturated carbocycles. The second-order valence-electron chi connectivity index (χ2n) is 4.63. The highest BCUT2D eigenvalue weighted by atomic mass is 16.5. The van der Waals surface area contributed by atoms with E-state index in [1.54, 1.807) is 0 Å². The first-order valence-electron chi connectivity index (χ1n) is 5.99. The molecule has 2 heterocycles. The maximum Gasteiger partial charge on any atom is 0.0612 e. The average molecular weight is 228 g/mol. The number of nitrogens with zero attached hydrogens (tertiary/aromatic N) is 1. The lowest BCUT2D eigenvalue weighted by molar-refractivity contribution is 0.194. The fraction of sp³-hybridized carbons (Fsp3) is 0.357. The Hall–Kier alpha value is -1.61. The van der Waals surface area contributed by atoms with Crippen LogP contribution in [0.1, 0.15) is 29.2 Å². The normalized spacial score (nSPS) is 22.4. The lowest BCUT2D eigenvalue weighted by atomic mass is 9.87. The summed E-state index contributed by atoms with van der Waals surface area (Å²) in [5, 5.41) is 0. The minimum atomic E-state index is 0.440. The van der Waals surface area contributed by atoms with Crippen LogP contribution < -0.4 is 5.73 Å². The number of hydrogen-bond donors (Lipinski definition) is 1. The number of nitrogen functional groups attached to an aromatic ring is 1. The molecular weight excluding hydrogens is 212 g/mol. The summed E-state index contributed by atoms with van der Waals surface area (Å²) in [6.45, 7) is 3.58. The monoisotopic (exact) mass is 228 g/mol. The molecule has 1 aromatic heterocycles. The zero-order valence-corrected chi connectivity index (χ0v) is 9.94. The maximum atomic E-state index is 6.18. The van der Waals surface area contributed by atoms with Crippen molar-refractivity contribution < 1.29 is 4.74 Å². The average Bonchev–Trinajstić information content (AvgIpc) is 2.76. The molecule has 1 aliphatic carbocycles. The van der Waals surface area contributed by atoms with Crippen LogP contribution in [0.4, 0.5) is 5.69 Å². The molecule has 0 spiro atoms. The summed E-state index contributed by atoms with van der Waals surface area (Å²) in [6.07, 6.45) is 9.27. The molecule has 88 valence electrons. The van der Waals surface area contributed by atoms with Crippen molar-refractivity contribution in [3.8, 4) is 0 Å². The number of pyridine rings is 1.